The Morgan fingerprint density at radius 3 is 2.89 bits per heavy atom. The van der Waals surface area contributed by atoms with Gasteiger partial charge in [-0.2, -0.15) is 0 Å². The van der Waals surface area contributed by atoms with Crippen LogP contribution < -0.4 is 5.32 Å². The van der Waals surface area contributed by atoms with Crippen LogP contribution in [-0.4, -0.2) is 10.9 Å². The van der Waals surface area contributed by atoms with Crippen LogP contribution >= 0.6 is 11.6 Å². The van der Waals surface area contributed by atoms with Gasteiger partial charge < -0.3 is 14.2 Å². The lowest BCUT2D eigenvalue weighted by molar-refractivity contribution is -0.123. The highest BCUT2D eigenvalue weighted by Crippen LogP contribution is 2.48. The number of halogens is 2. The third-order valence-corrected chi connectivity index (χ3v) is 5.33. The predicted octanol–water partition coefficient (Wildman–Crippen LogP) is 5.35. The van der Waals surface area contributed by atoms with Gasteiger partial charge in [-0.05, 0) is 55.8 Å². The summed E-state index contributed by atoms with van der Waals surface area (Å²) in [6.45, 7) is 1.84. The highest BCUT2D eigenvalue weighted by atomic mass is 35.5. The van der Waals surface area contributed by atoms with E-state index in [0.29, 0.717) is 45.2 Å². The Morgan fingerprint density at radius 1 is 1.21 bits per heavy atom. The molecular weight excluding hydrogens is 383 g/mol. The lowest BCUT2D eigenvalue weighted by Gasteiger charge is -2.10. The average molecular weight is 399 g/mol. The van der Waals surface area contributed by atoms with E-state index in [9.17, 15) is 9.18 Å². The van der Waals surface area contributed by atoms with E-state index in [1.807, 2.05) is 6.92 Å². The SMILES string of the molecule is C[C@@H](NC(=O)[C@@H]1C[C@H]1c1nc2cc(Cl)ccc2o1)c1cc2cc(F)ccc2o1. The van der Waals surface area contributed by atoms with Crippen LogP contribution in [0, 0.1) is 11.7 Å². The monoisotopic (exact) mass is 398 g/mol. The summed E-state index contributed by atoms with van der Waals surface area (Å²) in [4.78, 5) is 17.1. The topological polar surface area (TPSA) is 68.3 Å². The predicted molar refractivity (Wildman–Crippen MR) is 103 cm³/mol. The molecule has 0 spiro atoms. The number of nitrogens with one attached hydrogen (secondary N) is 1. The van der Waals surface area contributed by atoms with E-state index in [4.69, 9.17) is 20.4 Å². The molecule has 0 aliphatic heterocycles. The van der Waals surface area contributed by atoms with Crippen LogP contribution in [0.5, 0.6) is 0 Å². The van der Waals surface area contributed by atoms with Gasteiger partial charge >= 0.3 is 0 Å². The van der Waals surface area contributed by atoms with Crippen molar-refractivity contribution in [3.8, 4) is 0 Å². The molecule has 4 aromatic rings. The molecule has 5 nitrogen and oxygen atoms in total. The zero-order valence-electron chi connectivity index (χ0n) is 14.9. The Morgan fingerprint density at radius 2 is 2.04 bits per heavy atom. The average Bonchev–Trinajstić information content (AvgIpc) is 3.17. The van der Waals surface area contributed by atoms with Gasteiger partial charge in [-0.25, -0.2) is 9.37 Å². The van der Waals surface area contributed by atoms with Crippen LogP contribution in [0.15, 0.2) is 51.3 Å². The maximum atomic E-state index is 13.3. The van der Waals surface area contributed by atoms with Crippen molar-refractivity contribution in [3.63, 3.8) is 0 Å². The zero-order valence-corrected chi connectivity index (χ0v) is 15.7. The summed E-state index contributed by atoms with van der Waals surface area (Å²) in [6, 6.07) is 11.0. The van der Waals surface area contributed by atoms with Crippen LogP contribution in [-0.2, 0) is 4.79 Å². The Hall–Kier alpha value is -2.86. The van der Waals surface area contributed by atoms with Crippen molar-refractivity contribution in [3.05, 3.63) is 65.0 Å². The number of furan rings is 1. The number of oxazole rings is 1. The maximum absolute atomic E-state index is 13.3. The standard InChI is InChI=1S/C21H16ClFN2O3/c1-10(19-7-11-6-13(23)3-5-17(11)27-19)24-20(26)14-9-15(14)21-25-16-8-12(22)2-4-18(16)28-21/h2-8,10,14-15H,9H2,1H3,(H,24,26)/t10-,14-,15-/m1/s1. The molecule has 142 valence electrons. The second-order valence-corrected chi connectivity index (χ2v) is 7.61. The van der Waals surface area contributed by atoms with E-state index in [1.54, 1.807) is 30.3 Å². The van der Waals surface area contributed by atoms with E-state index in [2.05, 4.69) is 10.3 Å². The molecule has 0 bridgehead atoms. The van der Waals surface area contributed by atoms with Crippen LogP contribution in [0.4, 0.5) is 4.39 Å². The molecule has 1 aliphatic rings. The molecular formula is C21H16ClFN2O3. The molecule has 0 saturated heterocycles. The first kappa shape index (κ1) is 17.3. The second-order valence-electron chi connectivity index (χ2n) is 7.17. The zero-order chi connectivity index (χ0) is 19.4. The Balaban J connectivity index is 1.28. The molecule has 3 atom stereocenters. The number of nitrogens with zero attached hydrogens (tertiary/aromatic N) is 1. The Labute approximate surface area is 164 Å². The number of aromatic nitrogens is 1. The normalized spacial score (nSPS) is 19.8. The number of rotatable bonds is 4. The summed E-state index contributed by atoms with van der Waals surface area (Å²) in [5, 5.41) is 4.23. The van der Waals surface area contributed by atoms with E-state index in [1.165, 1.54) is 12.1 Å². The van der Waals surface area contributed by atoms with Crippen molar-refractivity contribution in [1.29, 1.82) is 0 Å². The van der Waals surface area contributed by atoms with Crippen molar-refractivity contribution >= 4 is 39.6 Å². The van der Waals surface area contributed by atoms with Crippen molar-refractivity contribution in [1.82, 2.24) is 10.3 Å². The van der Waals surface area contributed by atoms with Gasteiger partial charge in [0.2, 0.25) is 5.91 Å². The quantitative estimate of drug-likeness (QED) is 0.503. The summed E-state index contributed by atoms with van der Waals surface area (Å²) in [5.41, 5.74) is 1.94. The van der Waals surface area contributed by atoms with E-state index < -0.39 is 0 Å². The van der Waals surface area contributed by atoms with Crippen LogP contribution in [0.1, 0.15) is 37.0 Å². The highest BCUT2D eigenvalue weighted by molar-refractivity contribution is 6.31. The number of benzene rings is 2. The van der Waals surface area contributed by atoms with Crippen LogP contribution in [0.25, 0.3) is 22.1 Å². The van der Waals surface area contributed by atoms with Gasteiger partial charge in [0.05, 0.1) is 12.0 Å². The maximum Gasteiger partial charge on any atom is 0.224 e. The van der Waals surface area contributed by atoms with E-state index >= 15 is 0 Å². The minimum atomic E-state index is -0.327. The first-order valence-electron chi connectivity index (χ1n) is 9.03. The fraction of sp³-hybridized carbons (Fsp3) is 0.238. The Kier molecular flexibility index (Phi) is 3.91. The fourth-order valence-corrected chi connectivity index (χ4v) is 3.64. The minimum Gasteiger partial charge on any atom is -0.459 e. The van der Waals surface area contributed by atoms with Gasteiger partial charge in [0, 0.05) is 16.3 Å². The van der Waals surface area contributed by atoms with Crippen molar-refractivity contribution in [2.45, 2.75) is 25.3 Å². The first-order chi connectivity index (χ1) is 13.5. The molecule has 1 N–H and O–H groups in total. The molecule has 28 heavy (non-hydrogen) atoms. The van der Waals surface area contributed by atoms with Gasteiger partial charge in [-0.3, -0.25) is 4.79 Å². The molecule has 0 unspecified atom stereocenters. The number of hydrogen-bond donors (Lipinski definition) is 1. The molecule has 1 fully saturated rings. The van der Waals surface area contributed by atoms with Gasteiger partial charge in [0.1, 0.15) is 22.7 Å². The molecule has 5 rings (SSSR count). The number of fused-ring (bicyclic) bond motifs is 2. The lowest BCUT2D eigenvalue weighted by atomic mass is 10.2. The summed E-state index contributed by atoms with van der Waals surface area (Å²) >= 11 is 5.98. The van der Waals surface area contributed by atoms with Crippen LogP contribution in [0.2, 0.25) is 5.02 Å². The molecule has 2 heterocycles. The van der Waals surface area contributed by atoms with E-state index in [0.717, 1.165) is 0 Å². The lowest BCUT2D eigenvalue weighted by Crippen LogP contribution is -2.28. The second kappa shape index (κ2) is 6.34. The van der Waals surface area contributed by atoms with Crippen molar-refractivity contribution < 1.29 is 18.0 Å². The molecule has 1 saturated carbocycles. The molecule has 1 aliphatic carbocycles. The third kappa shape index (κ3) is 3.03. The van der Waals surface area contributed by atoms with Gasteiger partial charge in [-0.1, -0.05) is 11.6 Å². The number of amides is 1. The minimum absolute atomic E-state index is 0.0388. The van der Waals surface area contributed by atoms with Crippen molar-refractivity contribution in [2.75, 3.05) is 0 Å². The smallest absolute Gasteiger partial charge is 0.224 e. The molecule has 2 aromatic heterocycles. The van der Waals surface area contributed by atoms with Gasteiger partial charge in [0.25, 0.3) is 0 Å². The summed E-state index contributed by atoms with van der Waals surface area (Å²) in [6.07, 6.45) is 0.685. The number of carbonyl (C=O) groups excluding carboxylic acids is 1. The third-order valence-electron chi connectivity index (χ3n) is 5.09. The highest BCUT2D eigenvalue weighted by Gasteiger charge is 2.47. The summed E-state index contributed by atoms with van der Waals surface area (Å²) in [5.74, 6) is 0.518. The van der Waals surface area contributed by atoms with Gasteiger partial charge in [0.15, 0.2) is 11.5 Å². The Bertz CT molecular complexity index is 1220. The largest absolute Gasteiger partial charge is 0.459 e. The van der Waals surface area contributed by atoms with Gasteiger partial charge in [-0.15, -0.1) is 0 Å². The number of carbonyl (C=O) groups is 1. The van der Waals surface area contributed by atoms with Crippen molar-refractivity contribution in [2.24, 2.45) is 5.92 Å². The molecule has 2 aromatic carbocycles. The molecule has 1 amide bonds. The molecule has 0 radical (unpaired) electrons. The fourth-order valence-electron chi connectivity index (χ4n) is 3.47. The van der Waals surface area contributed by atoms with E-state index in [-0.39, 0.29) is 29.6 Å². The van der Waals surface area contributed by atoms with Crippen LogP contribution in [0.3, 0.4) is 0 Å². The molecule has 7 heteroatoms. The number of hydrogen-bond acceptors (Lipinski definition) is 4. The summed E-state index contributed by atoms with van der Waals surface area (Å²) in [7, 11) is 0. The summed E-state index contributed by atoms with van der Waals surface area (Å²) < 4.78 is 24.8. The first-order valence-corrected chi connectivity index (χ1v) is 9.41.